The average Bonchev–Trinajstić information content (AvgIpc) is 3.25. The fraction of sp³-hybridized carbons (Fsp3) is 0.263. The highest BCUT2D eigenvalue weighted by Gasteiger charge is 2.31. The van der Waals surface area contributed by atoms with E-state index in [4.69, 9.17) is 4.74 Å². The van der Waals surface area contributed by atoms with E-state index < -0.39 is 0 Å². The maximum atomic E-state index is 14.2. The van der Waals surface area contributed by atoms with Crippen LogP contribution in [0.25, 0.3) is 11.4 Å². The Bertz CT molecular complexity index is 818. The van der Waals surface area contributed by atoms with Gasteiger partial charge in [-0.05, 0) is 36.2 Å². The third-order valence-electron chi connectivity index (χ3n) is 4.55. The van der Waals surface area contributed by atoms with Crippen LogP contribution >= 0.6 is 0 Å². The maximum absolute atomic E-state index is 14.2. The van der Waals surface area contributed by atoms with Crippen molar-refractivity contribution in [2.45, 2.75) is 12.5 Å². The molecule has 24 heavy (non-hydrogen) atoms. The Morgan fingerprint density at radius 3 is 2.75 bits per heavy atom. The second-order valence-electron chi connectivity index (χ2n) is 6.06. The zero-order valence-electron chi connectivity index (χ0n) is 13.2. The molecule has 122 valence electrons. The van der Waals surface area contributed by atoms with Gasteiger partial charge in [-0.3, -0.25) is 4.98 Å². The molecule has 4 nitrogen and oxygen atoms in total. The van der Waals surface area contributed by atoms with Gasteiger partial charge in [-0.15, -0.1) is 0 Å². The number of ether oxygens (including phenoxy) is 1. The topological polar surface area (TPSA) is 39.9 Å². The highest BCUT2D eigenvalue weighted by Crippen LogP contribution is 2.33. The van der Waals surface area contributed by atoms with E-state index in [1.165, 1.54) is 11.6 Å². The second kappa shape index (κ2) is 6.53. The molecular formula is C19H18FN3O. The van der Waals surface area contributed by atoms with E-state index in [1.54, 1.807) is 18.3 Å². The van der Waals surface area contributed by atoms with Crippen LogP contribution in [0.2, 0.25) is 0 Å². The summed E-state index contributed by atoms with van der Waals surface area (Å²) < 4.78 is 22.0. The molecule has 5 heteroatoms. The zero-order valence-corrected chi connectivity index (χ0v) is 13.2. The first-order valence-corrected chi connectivity index (χ1v) is 8.07. The van der Waals surface area contributed by atoms with Crippen LogP contribution in [0.15, 0.2) is 61.2 Å². The van der Waals surface area contributed by atoms with Gasteiger partial charge in [-0.25, -0.2) is 9.37 Å². The Labute approximate surface area is 140 Å². The maximum Gasteiger partial charge on any atom is 0.143 e. The van der Waals surface area contributed by atoms with Crippen LogP contribution < -0.4 is 0 Å². The first-order chi connectivity index (χ1) is 11.8. The van der Waals surface area contributed by atoms with Crippen molar-refractivity contribution < 1.29 is 9.13 Å². The van der Waals surface area contributed by atoms with E-state index in [0.29, 0.717) is 30.5 Å². The highest BCUT2D eigenvalue weighted by atomic mass is 19.1. The molecule has 1 saturated heterocycles. The Hall–Kier alpha value is -2.53. The predicted octanol–water partition coefficient (Wildman–Crippen LogP) is 3.51. The van der Waals surface area contributed by atoms with E-state index >= 15 is 0 Å². The summed E-state index contributed by atoms with van der Waals surface area (Å²) in [6.07, 6.45) is 8.16. The molecule has 1 fully saturated rings. The van der Waals surface area contributed by atoms with Crippen molar-refractivity contribution in [3.05, 3.63) is 72.6 Å². The van der Waals surface area contributed by atoms with Crippen molar-refractivity contribution in [3.8, 4) is 11.4 Å². The number of hydrogen-bond acceptors (Lipinski definition) is 3. The van der Waals surface area contributed by atoms with E-state index in [1.807, 2.05) is 36.8 Å². The minimum absolute atomic E-state index is 0.148. The molecule has 2 aromatic heterocycles. The van der Waals surface area contributed by atoms with Crippen molar-refractivity contribution in [3.63, 3.8) is 0 Å². The lowest BCUT2D eigenvalue weighted by atomic mass is 9.95. The van der Waals surface area contributed by atoms with Crippen molar-refractivity contribution in [2.24, 2.45) is 5.92 Å². The molecule has 0 N–H and O–H groups in total. The molecule has 0 spiro atoms. The van der Waals surface area contributed by atoms with Gasteiger partial charge in [0, 0.05) is 30.7 Å². The molecule has 4 rings (SSSR count). The number of rotatable bonds is 4. The van der Waals surface area contributed by atoms with Gasteiger partial charge >= 0.3 is 0 Å². The smallest absolute Gasteiger partial charge is 0.143 e. The highest BCUT2D eigenvalue weighted by molar-refractivity contribution is 5.56. The van der Waals surface area contributed by atoms with Gasteiger partial charge in [0.1, 0.15) is 11.6 Å². The predicted molar refractivity (Wildman–Crippen MR) is 88.9 cm³/mol. The standard InChI is InChI=1S/C19H18FN3O/c20-17-4-2-1-3-16(17)19-22-9-10-23(19)18-13-24-12-15(18)11-14-5-7-21-8-6-14/h1-10,15,18H,11-13H2/t15-,18-/m1/s1. The molecule has 1 aliphatic rings. The normalized spacial score (nSPS) is 20.4. The second-order valence-corrected chi connectivity index (χ2v) is 6.06. The molecule has 0 radical (unpaired) electrons. The van der Waals surface area contributed by atoms with Gasteiger partial charge < -0.3 is 9.30 Å². The number of halogens is 1. The number of hydrogen-bond donors (Lipinski definition) is 0. The Kier molecular flexibility index (Phi) is 4.09. The summed E-state index contributed by atoms with van der Waals surface area (Å²) >= 11 is 0. The van der Waals surface area contributed by atoms with Crippen LogP contribution in [0.4, 0.5) is 4.39 Å². The fourth-order valence-corrected chi connectivity index (χ4v) is 3.34. The lowest BCUT2D eigenvalue weighted by molar-refractivity contribution is 0.181. The molecular weight excluding hydrogens is 305 g/mol. The van der Waals surface area contributed by atoms with Gasteiger partial charge in [0.2, 0.25) is 0 Å². The first kappa shape index (κ1) is 15.0. The van der Waals surface area contributed by atoms with Gasteiger partial charge in [0.15, 0.2) is 0 Å². The van der Waals surface area contributed by atoms with Gasteiger partial charge in [-0.1, -0.05) is 12.1 Å². The van der Waals surface area contributed by atoms with E-state index in [9.17, 15) is 4.39 Å². The zero-order chi connectivity index (χ0) is 16.4. The molecule has 2 atom stereocenters. The molecule has 0 unspecified atom stereocenters. The summed E-state index contributed by atoms with van der Waals surface area (Å²) in [5.74, 6) is 0.727. The number of benzene rings is 1. The molecule has 0 amide bonds. The van der Waals surface area contributed by atoms with Gasteiger partial charge in [0.05, 0.1) is 24.8 Å². The van der Waals surface area contributed by atoms with E-state index in [-0.39, 0.29) is 11.9 Å². The third kappa shape index (κ3) is 2.83. The van der Waals surface area contributed by atoms with Crippen molar-refractivity contribution in [1.82, 2.24) is 14.5 Å². The van der Waals surface area contributed by atoms with Crippen LogP contribution in [-0.4, -0.2) is 27.7 Å². The Morgan fingerprint density at radius 2 is 1.92 bits per heavy atom. The molecule has 1 aliphatic heterocycles. The average molecular weight is 323 g/mol. The van der Waals surface area contributed by atoms with Crippen LogP contribution in [0.1, 0.15) is 11.6 Å². The molecule has 3 aromatic rings. The Balaban J connectivity index is 1.64. The molecule has 0 aliphatic carbocycles. The van der Waals surface area contributed by atoms with Crippen molar-refractivity contribution in [2.75, 3.05) is 13.2 Å². The van der Waals surface area contributed by atoms with Crippen LogP contribution in [0, 0.1) is 11.7 Å². The van der Waals surface area contributed by atoms with Crippen molar-refractivity contribution in [1.29, 1.82) is 0 Å². The monoisotopic (exact) mass is 323 g/mol. The Morgan fingerprint density at radius 1 is 1.08 bits per heavy atom. The van der Waals surface area contributed by atoms with E-state index in [2.05, 4.69) is 14.5 Å². The number of nitrogens with zero attached hydrogens (tertiary/aromatic N) is 3. The van der Waals surface area contributed by atoms with Gasteiger partial charge in [0.25, 0.3) is 0 Å². The van der Waals surface area contributed by atoms with Gasteiger partial charge in [-0.2, -0.15) is 0 Å². The number of imidazole rings is 1. The van der Waals surface area contributed by atoms with Crippen LogP contribution in [0.3, 0.4) is 0 Å². The largest absolute Gasteiger partial charge is 0.379 e. The minimum atomic E-state index is -0.255. The van der Waals surface area contributed by atoms with Crippen LogP contribution in [-0.2, 0) is 11.2 Å². The minimum Gasteiger partial charge on any atom is -0.379 e. The third-order valence-corrected chi connectivity index (χ3v) is 4.55. The summed E-state index contributed by atoms with van der Waals surface area (Å²) in [4.78, 5) is 8.45. The van der Waals surface area contributed by atoms with Crippen LogP contribution in [0.5, 0.6) is 0 Å². The quantitative estimate of drug-likeness (QED) is 0.737. The number of aromatic nitrogens is 3. The fourth-order valence-electron chi connectivity index (χ4n) is 3.34. The SMILES string of the molecule is Fc1ccccc1-c1nccn1[C@@H]1COC[C@H]1Cc1ccncc1. The lowest BCUT2D eigenvalue weighted by Gasteiger charge is -2.21. The summed E-state index contributed by atoms with van der Waals surface area (Å²) in [6.45, 7) is 1.31. The molecule has 0 saturated carbocycles. The summed E-state index contributed by atoms with van der Waals surface area (Å²) in [5.41, 5.74) is 1.76. The van der Waals surface area contributed by atoms with E-state index in [0.717, 1.165) is 6.42 Å². The lowest BCUT2D eigenvalue weighted by Crippen LogP contribution is -2.20. The summed E-state index contributed by atoms with van der Waals surface area (Å²) in [6, 6.07) is 11.0. The molecule has 3 heterocycles. The van der Waals surface area contributed by atoms with Crippen molar-refractivity contribution >= 4 is 0 Å². The summed E-state index contributed by atoms with van der Waals surface area (Å²) in [7, 11) is 0. The molecule has 0 bridgehead atoms. The number of pyridine rings is 1. The first-order valence-electron chi connectivity index (χ1n) is 8.07. The molecule has 1 aromatic carbocycles. The summed E-state index contributed by atoms with van der Waals surface area (Å²) in [5, 5.41) is 0.